The van der Waals surface area contributed by atoms with Gasteiger partial charge in [0, 0.05) is 18.3 Å². The first-order chi connectivity index (χ1) is 12.8. The van der Waals surface area contributed by atoms with Gasteiger partial charge in [0.1, 0.15) is 12.3 Å². The van der Waals surface area contributed by atoms with Gasteiger partial charge in [0.25, 0.3) is 0 Å². The molecule has 27 heavy (non-hydrogen) atoms. The van der Waals surface area contributed by atoms with Gasteiger partial charge in [0.15, 0.2) is 0 Å². The number of rotatable bonds is 7. The lowest BCUT2D eigenvalue weighted by Crippen LogP contribution is -2.36. The molecule has 0 unspecified atom stereocenters. The van der Waals surface area contributed by atoms with Gasteiger partial charge in [0.2, 0.25) is 11.8 Å². The van der Waals surface area contributed by atoms with E-state index in [9.17, 15) is 9.59 Å². The van der Waals surface area contributed by atoms with Crippen LogP contribution in [0.3, 0.4) is 0 Å². The summed E-state index contributed by atoms with van der Waals surface area (Å²) >= 11 is 0. The van der Waals surface area contributed by atoms with E-state index in [1.165, 1.54) is 17.4 Å². The van der Waals surface area contributed by atoms with Crippen LogP contribution in [0.2, 0.25) is 0 Å². The lowest BCUT2D eigenvalue weighted by molar-refractivity contribution is -0.120. The van der Waals surface area contributed by atoms with E-state index in [1.54, 1.807) is 24.3 Å². The van der Waals surface area contributed by atoms with Crippen molar-refractivity contribution in [2.24, 2.45) is 0 Å². The third-order valence-electron chi connectivity index (χ3n) is 4.06. The van der Waals surface area contributed by atoms with Crippen LogP contribution < -0.4 is 15.0 Å². The highest BCUT2D eigenvalue weighted by Crippen LogP contribution is 2.21. The molecular formula is C22H28N2O3. The van der Waals surface area contributed by atoms with Crippen molar-refractivity contribution in [3.63, 3.8) is 0 Å². The Kier molecular flexibility index (Phi) is 6.99. The number of nitrogens with zero attached hydrogens (tertiary/aromatic N) is 1. The van der Waals surface area contributed by atoms with E-state index in [4.69, 9.17) is 4.74 Å². The molecule has 0 heterocycles. The summed E-state index contributed by atoms with van der Waals surface area (Å²) in [5.41, 5.74) is 2.58. The van der Waals surface area contributed by atoms with Gasteiger partial charge >= 0.3 is 0 Å². The lowest BCUT2D eigenvalue weighted by atomic mass is 10.0. The highest BCUT2D eigenvalue weighted by molar-refractivity contribution is 6.01. The van der Waals surface area contributed by atoms with Gasteiger partial charge in [-0.3, -0.25) is 9.59 Å². The minimum atomic E-state index is -0.245. The molecule has 0 aliphatic heterocycles. The third-order valence-corrected chi connectivity index (χ3v) is 4.06. The van der Waals surface area contributed by atoms with E-state index in [0.717, 1.165) is 5.75 Å². The van der Waals surface area contributed by atoms with Crippen molar-refractivity contribution in [1.29, 1.82) is 0 Å². The predicted octanol–water partition coefficient (Wildman–Crippen LogP) is 4.59. The summed E-state index contributed by atoms with van der Waals surface area (Å²) < 4.78 is 5.61. The number of carbonyl (C=O) groups is 2. The molecule has 144 valence electrons. The maximum absolute atomic E-state index is 12.4. The zero-order valence-electron chi connectivity index (χ0n) is 16.7. The largest absolute Gasteiger partial charge is 0.491 e. The first kappa shape index (κ1) is 20.5. The zero-order valence-corrected chi connectivity index (χ0v) is 16.7. The number of ether oxygens (including phenoxy) is 1. The van der Waals surface area contributed by atoms with Crippen LogP contribution >= 0.6 is 0 Å². The molecule has 0 saturated carbocycles. The second kappa shape index (κ2) is 9.21. The number of benzene rings is 2. The van der Waals surface area contributed by atoms with Crippen molar-refractivity contribution in [2.75, 3.05) is 16.8 Å². The molecule has 0 fully saturated rings. The lowest BCUT2D eigenvalue weighted by Gasteiger charge is -2.21. The maximum atomic E-state index is 12.4. The molecule has 0 radical (unpaired) electrons. The molecule has 0 aliphatic carbocycles. The Morgan fingerprint density at radius 1 is 0.963 bits per heavy atom. The van der Waals surface area contributed by atoms with E-state index in [1.807, 2.05) is 38.1 Å². The van der Waals surface area contributed by atoms with Gasteiger partial charge < -0.3 is 15.0 Å². The van der Waals surface area contributed by atoms with Crippen LogP contribution in [0.15, 0.2) is 48.5 Å². The molecule has 2 rings (SSSR count). The van der Waals surface area contributed by atoms with Crippen molar-refractivity contribution in [3.8, 4) is 5.75 Å². The summed E-state index contributed by atoms with van der Waals surface area (Å²) in [5, 5.41) is 2.84. The second-order valence-electron chi connectivity index (χ2n) is 7.09. The minimum absolute atomic E-state index is 0.0500. The number of anilines is 2. The molecule has 0 bridgehead atoms. The Morgan fingerprint density at radius 2 is 1.56 bits per heavy atom. The Morgan fingerprint density at radius 3 is 2.04 bits per heavy atom. The summed E-state index contributed by atoms with van der Waals surface area (Å²) in [4.78, 5) is 25.9. The molecule has 1 N–H and O–H groups in total. The quantitative estimate of drug-likeness (QED) is 0.778. The van der Waals surface area contributed by atoms with Gasteiger partial charge in [-0.1, -0.05) is 26.0 Å². The summed E-state index contributed by atoms with van der Waals surface area (Å²) in [6.45, 7) is 9.54. The number of carbonyl (C=O) groups excluding carboxylic acids is 2. The minimum Gasteiger partial charge on any atom is -0.491 e. The van der Waals surface area contributed by atoms with Gasteiger partial charge in [-0.25, -0.2) is 0 Å². The third kappa shape index (κ3) is 6.13. The Labute approximate surface area is 161 Å². The van der Waals surface area contributed by atoms with Gasteiger partial charge in [-0.2, -0.15) is 0 Å². The van der Waals surface area contributed by atoms with Gasteiger partial charge in [-0.15, -0.1) is 0 Å². The normalized spacial score (nSPS) is 10.8. The SMILES string of the molecule is CC(=O)N(CC(=O)Nc1ccc(C(C)C)cc1)c1ccc(OC(C)C)cc1. The average molecular weight is 368 g/mol. The number of nitrogens with one attached hydrogen (secondary N) is 1. The monoisotopic (exact) mass is 368 g/mol. The van der Waals surface area contributed by atoms with Gasteiger partial charge in [0.05, 0.1) is 6.10 Å². The number of hydrogen-bond acceptors (Lipinski definition) is 3. The predicted molar refractivity (Wildman–Crippen MR) is 109 cm³/mol. The zero-order chi connectivity index (χ0) is 20.0. The standard InChI is InChI=1S/C22H28N2O3/c1-15(2)18-6-8-19(9-7-18)23-22(26)14-24(17(5)25)20-10-12-21(13-11-20)27-16(3)4/h6-13,15-16H,14H2,1-5H3,(H,23,26). The van der Waals surface area contributed by atoms with E-state index in [-0.39, 0.29) is 24.5 Å². The van der Waals surface area contributed by atoms with Crippen molar-refractivity contribution < 1.29 is 14.3 Å². The molecule has 2 amide bonds. The van der Waals surface area contributed by atoms with Crippen molar-refractivity contribution >= 4 is 23.2 Å². The molecule has 0 atom stereocenters. The van der Waals surface area contributed by atoms with Crippen molar-refractivity contribution in [2.45, 2.75) is 46.6 Å². The fraction of sp³-hybridized carbons (Fsp3) is 0.364. The summed E-state index contributed by atoms with van der Waals surface area (Å²) in [5.74, 6) is 0.723. The Bertz CT molecular complexity index is 765. The van der Waals surface area contributed by atoms with Crippen molar-refractivity contribution in [3.05, 3.63) is 54.1 Å². The van der Waals surface area contributed by atoms with E-state index in [0.29, 0.717) is 17.3 Å². The van der Waals surface area contributed by atoms with Crippen LogP contribution in [0.4, 0.5) is 11.4 Å². The average Bonchev–Trinajstić information content (AvgIpc) is 2.60. The molecule has 5 heteroatoms. The van der Waals surface area contributed by atoms with E-state index in [2.05, 4.69) is 19.2 Å². The maximum Gasteiger partial charge on any atom is 0.244 e. The van der Waals surface area contributed by atoms with E-state index >= 15 is 0 Å². The van der Waals surface area contributed by atoms with Crippen LogP contribution in [0.5, 0.6) is 5.75 Å². The highest BCUT2D eigenvalue weighted by Gasteiger charge is 2.16. The molecule has 0 aromatic heterocycles. The molecule has 0 saturated heterocycles. The summed E-state index contributed by atoms with van der Waals surface area (Å²) in [6.07, 6.45) is 0.0765. The second-order valence-corrected chi connectivity index (χ2v) is 7.09. The Balaban J connectivity index is 2.04. The smallest absolute Gasteiger partial charge is 0.244 e. The molecule has 0 spiro atoms. The summed E-state index contributed by atoms with van der Waals surface area (Å²) in [6, 6.07) is 14.9. The fourth-order valence-corrected chi connectivity index (χ4v) is 2.66. The first-order valence-corrected chi connectivity index (χ1v) is 9.21. The Hall–Kier alpha value is -2.82. The van der Waals surface area contributed by atoms with Gasteiger partial charge in [-0.05, 0) is 61.7 Å². The van der Waals surface area contributed by atoms with Crippen LogP contribution in [-0.4, -0.2) is 24.5 Å². The van der Waals surface area contributed by atoms with Crippen LogP contribution in [0.1, 0.15) is 46.1 Å². The van der Waals surface area contributed by atoms with Crippen LogP contribution in [0.25, 0.3) is 0 Å². The number of hydrogen-bond donors (Lipinski definition) is 1. The summed E-state index contributed by atoms with van der Waals surface area (Å²) in [7, 11) is 0. The van der Waals surface area contributed by atoms with Crippen LogP contribution in [0, 0.1) is 0 Å². The van der Waals surface area contributed by atoms with Crippen LogP contribution in [-0.2, 0) is 9.59 Å². The van der Waals surface area contributed by atoms with E-state index < -0.39 is 0 Å². The molecule has 2 aromatic carbocycles. The fourth-order valence-electron chi connectivity index (χ4n) is 2.66. The highest BCUT2D eigenvalue weighted by atomic mass is 16.5. The molecule has 2 aromatic rings. The molecule has 0 aliphatic rings. The molecule has 5 nitrogen and oxygen atoms in total. The number of amides is 2. The first-order valence-electron chi connectivity index (χ1n) is 9.21. The van der Waals surface area contributed by atoms with Crippen molar-refractivity contribution in [1.82, 2.24) is 0 Å². The molecular weight excluding hydrogens is 340 g/mol. The topological polar surface area (TPSA) is 58.6 Å².